The number of halogens is 2. The van der Waals surface area contributed by atoms with Crippen LogP contribution in [0.3, 0.4) is 0 Å². The number of rotatable bonds is 5. The average molecular weight is 272 g/mol. The van der Waals surface area contributed by atoms with Crippen LogP contribution >= 0.6 is 11.6 Å². The van der Waals surface area contributed by atoms with Gasteiger partial charge in [-0.1, -0.05) is 39.3 Å². The molecule has 1 unspecified atom stereocenters. The molecule has 1 nitrogen and oxygen atoms in total. The lowest BCUT2D eigenvalue weighted by Crippen LogP contribution is -2.26. The van der Waals surface area contributed by atoms with Gasteiger partial charge in [-0.2, -0.15) is 0 Å². The second-order valence-electron chi connectivity index (χ2n) is 5.94. The van der Waals surface area contributed by atoms with Crippen LogP contribution in [0.1, 0.15) is 52.1 Å². The summed E-state index contributed by atoms with van der Waals surface area (Å²) >= 11 is 6.19. The third-order valence-electron chi connectivity index (χ3n) is 2.79. The maximum Gasteiger partial charge on any atom is 0.123 e. The number of hydrogen-bond donors (Lipinski definition) is 1. The first-order chi connectivity index (χ1) is 8.33. The van der Waals surface area contributed by atoms with Crippen LogP contribution in [0.25, 0.3) is 0 Å². The van der Waals surface area contributed by atoms with Crippen molar-refractivity contribution >= 4 is 11.6 Å². The Morgan fingerprint density at radius 3 is 2.56 bits per heavy atom. The van der Waals surface area contributed by atoms with E-state index in [0.717, 1.165) is 24.9 Å². The predicted octanol–water partition coefficient (Wildman–Crippen LogP) is 4.96. The molecular weight excluding hydrogens is 249 g/mol. The highest BCUT2D eigenvalue weighted by Gasteiger charge is 2.21. The van der Waals surface area contributed by atoms with Crippen molar-refractivity contribution in [2.24, 2.45) is 5.41 Å². The molecule has 1 N–H and O–H groups in total. The van der Waals surface area contributed by atoms with Gasteiger partial charge < -0.3 is 5.32 Å². The van der Waals surface area contributed by atoms with Gasteiger partial charge in [-0.15, -0.1) is 0 Å². The predicted molar refractivity (Wildman–Crippen MR) is 76.5 cm³/mol. The summed E-state index contributed by atoms with van der Waals surface area (Å²) in [5.74, 6) is -0.230. The molecule has 18 heavy (non-hydrogen) atoms. The summed E-state index contributed by atoms with van der Waals surface area (Å²) < 4.78 is 13.4. The van der Waals surface area contributed by atoms with Crippen molar-refractivity contribution in [1.29, 1.82) is 0 Å². The first-order valence-corrected chi connectivity index (χ1v) is 6.89. The normalized spacial score (nSPS) is 13.7. The molecule has 1 rings (SSSR count). The summed E-state index contributed by atoms with van der Waals surface area (Å²) in [7, 11) is 0. The molecule has 0 heterocycles. The van der Waals surface area contributed by atoms with Gasteiger partial charge in [0.05, 0.1) is 0 Å². The smallest absolute Gasteiger partial charge is 0.123 e. The summed E-state index contributed by atoms with van der Waals surface area (Å²) in [5.41, 5.74) is 1.03. The standard InChI is InChI=1S/C15H23ClFN/c1-5-8-18-14(10-15(2,3)4)12-9-11(17)6-7-13(12)16/h6-7,9,14,18H,5,8,10H2,1-4H3. The zero-order valence-electron chi connectivity index (χ0n) is 11.7. The molecule has 0 aromatic heterocycles. The highest BCUT2D eigenvalue weighted by molar-refractivity contribution is 6.31. The van der Waals surface area contributed by atoms with Crippen LogP contribution in [-0.4, -0.2) is 6.54 Å². The van der Waals surface area contributed by atoms with Crippen LogP contribution in [-0.2, 0) is 0 Å². The SMILES string of the molecule is CCCNC(CC(C)(C)C)c1cc(F)ccc1Cl. The van der Waals surface area contributed by atoms with Gasteiger partial charge in [0.1, 0.15) is 5.82 Å². The van der Waals surface area contributed by atoms with Gasteiger partial charge in [-0.05, 0) is 48.6 Å². The lowest BCUT2D eigenvalue weighted by molar-refractivity contribution is 0.311. The first kappa shape index (κ1) is 15.5. The Balaban J connectivity index is 2.97. The summed E-state index contributed by atoms with van der Waals surface area (Å²) in [6.07, 6.45) is 1.98. The minimum Gasteiger partial charge on any atom is -0.310 e. The number of hydrogen-bond acceptors (Lipinski definition) is 1. The van der Waals surface area contributed by atoms with Gasteiger partial charge in [0.2, 0.25) is 0 Å². The van der Waals surface area contributed by atoms with E-state index in [9.17, 15) is 4.39 Å². The minimum atomic E-state index is -0.230. The fraction of sp³-hybridized carbons (Fsp3) is 0.600. The first-order valence-electron chi connectivity index (χ1n) is 6.52. The minimum absolute atomic E-state index is 0.105. The van der Waals surface area contributed by atoms with Gasteiger partial charge >= 0.3 is 0 Å². The van der Waals surface area contributed by atoms with E-state index in [0.29, 0.717) is 5.02 Å². The third kappa shape index (κ3) is 4.95. The van der Waals surface area contributed by atoms with Crippen LogP contribution in [0.4, 0.5) is 4.39 Å². The maximum atomic E-state index is 13.4. The molecule has 0 aliphatic heterocycles. The molecular formula is C15H23ClFN. The Morgan fingerprint density at radius 1 is 1.33 bits per heavy atom. The lowest BCUT2D eigenvalue weighted by Gasteiger charge is -2.28. The third-order valence-corrected chi connectivity index (χ3v) is 3.13. The van der Waals surface area contributed by atoms with Crippen molar-refractivity contribution in [2.45, 2.75) is 46.6 Å². The lowest BCUT2D eigenvalue weighted by atomic mass is 9.85. The average Bonchev–Trinajstić information content (AvgIpc) is 2.26. The molecule has 1 aromatic rings. The molecule has 102 valence electrons. The highest BCUT2D eigenvalue weighted by atomic mass is 35.5. The molecule has 0 bridgehead atoms. The monoisotopic (exact) mass is 271 g/mol. The van der Waals surface area contributed by atoms with E-state index >= 15 is 0 Å². The number of benzene rings is 1. The summed E-state index contributed by atoms with van der Waals surface area (Å²) in [5, 5.41) is 4.09. The second kappa shape index (κ2) is 6.53. The highest BCUT2D eigenvalue weighted by Crippen LogP contribution is 2.33. The van der Waals surface area contributed by atoms with Crippen molar-refractivity contribution in [3.63, 3.8) is 0 Å². The van der Waals surface area contributed by atoms with Gasteiger partial charge in [-0.3, -0.25) is 0 Å². The van der Waals surface area contributed by atoms with E-state index in [-0.39, 0.29) is 17.3 Å². The van der Waals surface area contributed by atoms with E-state index in [2.05, 4.69) is 33.0 Å². The van der Waals surface area contributed by atoms with Crippen LogP contribution in [0.15, 0.2) is 18.2 Å². The molecule has 0 fully saturated rings. The second-order valence-corrected chi connectivity index (χ2v) is 6.34. The van der Waals surface area contributed by atoms with Crippen molar-refractivity contribution in [3.05, 3.63) is 34.6 Å². The zero-order valence-corrected chi connectivity index (χ0v) is 12.4. The Morgan fingerprint density at radius 2 is 2.00 bits per heavy atom. The van der Waals surface area contributed by atoms with Gasteiger partial charge in [-0.25, -0.2) is 4.39 Å². The molecule has 0 amide bonds. The summed E-state index contributed by atoms with van der Waals surface area (Å²) in [6, 6.07) is 4.68. The van der Waals surface area contributed by atoms with Crippen LogP contribution in [0.5, 0.6) is 0 Å². The van der Waals surface area contributed by atoms with E-state index < -0.39 is 0 Å². The number of nitrogens with one attached hydrogen (secondary N) is 1. The largest absolute Gasteiger partial charge is 0.310 e. The van der Waals surface area contributed by atoms with Gasteiger partial charge in [0.25, 0.3) is 0 Å². The maximum absolute atomic E-state index is 13.4. The van der Waals surface area contributed by atoms with Gasteiger partial charge in [0.15, 0.2) is 0 Å². The molecule has 3 heteroatoms. The zero-order chi connectivity index (χ0) is 13.8. The van der Waals surface area contributed by atoms with Crippen LogP contribution in [0.2, 0.25) is 5.02 Å². The Hall–Kier alpha value is -0.600. The molecule has 0 aliphatic carbocycles. The Kier molecular flexibility index (Phi) is 5.61. The van der Waals surface area contributed by atoms with Crippen LogP contribution < -0.4 is 5.32 Å². The Bertz CT molecular complexity index is 385. The molecule has 1 atom stereocenters. The molecule has 1 aromatic carbocycles. The molecule has 0 saturated heterocycles. The van der Waals surface area contributed by atoms with E-state index in [1.54, 1.807) is 12.1 Å². The van der Waals surface area contributed by atoms with E-state index in [1.807, 2.05) is 0 Å². The summed E-state index contributed by atoms with van der Waals surface area (Å²) in [4.78, 5) is 0. The van der Waals surface area contributed by atoms with Crippen molar-refractivity contribution in [2.75, 3.05) is 6.54 Å². The molecule has 0 saturated carbocycles. The topological polar surface area (TPSA) is 12.0 Å². The van der Waals surface area contributed by atoms with E-state index in [1.165, 1.54) is 6.07 Å². The molecule has 0 spiro atoms. The molecule has 0 aliphatic rings. The Labute approximate surface area is 115 Å². The van der Waals surface area contributed by atoms with Crippen molar-refractivity contribution in [1.82, 2.24) is 5.32 Å². The summed E-state index contributed by atoms with van der Waals surface area (Å²) in [6.45, 7) is 9.57. The fourth-order valence-electron chi connectivity index (χ4n) is 2.00. The van der Waals surface area contributed by atoms with Gasteiger partial charge in [0, 0.05) is 11.1 Å². The fourth-order valence-corrected chi connectivity index (χ4v) is 2.25. The van der Waals surface area contributed by atoms with Crippen molar-refractivity contribution in [3.8, 4) is 0 Å². The van der Waals surface area contributed by atoms with Crippen LogP contribution in [0, 0.1) is 11.2 Å². The quantitative estimate of drug-likeness (QED) is 0.798. The molecule has 0 radical (unpaired) electrons. The van der Waals surface area contributed by atoms with E-state index in [4.69, 9.17) is 11.6 Å². The van der Waals surface area contributed by atoms with Crippen molar-refractivity contribution < 1.29 is 4.39 Å².